The Balaban J connectivity index is 3.86. The fraction of sp³-hybridized carbons (Fsp3) is 0.520. The fourth-order valence-corrected chi connectivity index (χ4v) is 2.51. The summed E-state index contributed by atoms with van der Waals surface area (Å²) in [5.41, 5.74) is 6.87. The third-order valence-electron chi connectivity index (χ3n) is 4.12. The Hall–Kier alpha value is -1.56. The van der Waals surface area contributed by atoms with Gasteiger partial charge in [0.2, 0.25) is 0 Å². The van der Waals surface area contributed by atoms with Gasteiger partial charge in [0.05, 0.1) is 0 Å². The normalized spacial score (nSPS) is 11.5. The van der Waals surface area contributed by atoms with Gasteiger partial charge in [-0.25, -0.2) is 0 Å². The first kappa shape index (κ1) is 23.4. The Labute approximate surface area is 157 Å². The molecule has 0 rings (SSSR count). The Kier molecular flexibility index (Phi) is 13.8. The van der Waals surface area contributed by atoms with Crippen molar-refractivity contribution in [2.75, 3.05) is 0 Å². The van der Waals surface area contributed by atoms with Gasteiger partial charge < -0.3 is 0 Å². The Morgan fingerprint density at radius 2 is 1.16 bits per heavy atom. The molecule has 25 heavy (non-hydrogen) atoms. The Bertz CT molecular complexity index is 512. The summed E-state index contributed by atoms with van der Waals surface area (Å²) in [5.74, 6) is 0. The Morgan fingerprint density at radius 1 is 0.640 bits per heavy atom. The summed E-state index contributed by atoms with van der Waals surface area (Å²) in [6.07, 6.45) is 20.3. The van der Waals surface area contributed by atoms with Gasteiger partial charge in [0.25, 0.3) is 0 Å². The highest BCUT2D eigenvalue weighted by molar-refractivity contribution is 5.16. The zero-order valence-electron chi connectivity index (χ0n) is 17.5. The molecule has 0 bridgehead atoms. The predicted octanol–water partition coefficient (Wildman–Crippen LogP) is 8.65. The number of hydrogen-bond donors (Lipinski definition) is 0. The van der Waals surface area contributed by atoms with Crippen molar-refractivity contribution in [1.29, 1.82) is 0 Å². The molecule has 0 spiro atoms. The molecule has 0 nitrogen and oxygen atoms in total. The molecule has 0 radical (unpaired) electrons. The van der Waals surface area contributed by atoms with Gasteiger partial charge in [-0.1, -0.05) is 71.4 Å². The van der Waals surface area contributed by atoms with E-state index in [-0.39, 0.29) is 0 Å². The van der Waals surface area contributed by atoms with Gasteiger partial charge >= 0.3 is 0 Å². The quantitative estimate of drug-likeness (QED) is 0.232. The lowest BCUT2D eigenvalue weighted by molar-refractivity contribution is 0.856. The highest BCUT2D eigenvalue weighted by Gasteiger charge is 1.95. The van der Waals surface area contributed by atoms with Crippen LogP contribution in [0.3, 0.4) is 0 Å². The SMILES string of the molecule is C=C(/C=C/CCC(=C)CC/C=C(\C)CCC=C(C)C)CCC=C(C)C. The van der Waals surface area contributed by atoms with Gasteiger partial charge in [-0.3, -0.25) is 0 Å². The van der Waals surface area contributed by atoms with E-state index in [9.17, 15) is 0 Å². The van der Waals surface area contributed by atoms with Gasteiger partial charge in [0, 0.05) is 0 Å². The highest BCUT2D eigenvalue weighted by Crippen LogP contribution is 2.15. The summed E-state index contributed by atoms with van der Waals surface area (Å²) in [6.45, 7) is 19.2. The standard InChI is InChI=1S/C25H40/c1-21(2)13-10-17-23(5)15-8-9-16-24(6)19-12-20-25(7)18-11-14-22(3)4/h8,13-15,20H,5-6,9-12,16-19H2,1-4,7H3/b15-8+,25-20+. The van der Waals surface area contributed by atoms with Crippen LogP contribution in [0.2, 0.25) is 0 Å². The second kappa shape index (κ2) is 14.8. The first-order valence-electron chi connectivity index (χ1n) is 9.74. The molecule has 0 heterocycles. The minimum Gasteiger partial charge on any atom is -0.0998 e. The smallest absolute Gasteiger partial charge is 0.0250 e. The molecule has 0 aromatic heterocycles. The van der Waals surface area contributed by atoms with Crippen molar-refractivity contribution in [2.45, 2.75) is 86.0 Å². The van der Waals surface area contributed by atoms with Crippen molar-refractivity contribution in [3.63, 3.8) is 0 Å². The molecule has 0 unspecified atom stereocenters. The fourth-order valence-electron chi connectivity index (χ4n) is 2.51. The summed E-state index contributed by atoms with van der Waals surface area (Å²) < 4.78 is 0. The van der Waals surface area contributed by atoms with E-state index in [1.165, 1.54) is 34.3 Å². The van der Waals surface area contributed by atoms with Crippen LogP contribution < -0.4 is 0 Å². The maximum Gasteiger partial charge on any atom is -0.0250 e. The number of hydrogen-bond acceptors (Lipinski definition) is 0. The molecule has 0 aliphatic rings. The molecular formula is C25H40. The van der Waals surface area contributed by atoms with Crippen molar-refractivity contribution in [2.24, 2.45) is 0 Å². The van der Waals surface area contributed by atoms with Crippen LogP contribution in [0.5, 0.6) is 0 Å². The van der Waals surface area contributed by atoms with Crippen LogP contribution in [-0.2, 0) is 0 Å². The molecule has 0 aromatic rings. The van der Waals surface area contributed by atoms with Crippen LogP contribution >= 0.6 is 0 Å². The average molecular weight is 341 g/mol. The summed E-state index contributed by atoms with van der Waals surface area (Å²) in [5, 5.41) is 0. The van der Waals surface area contributed by atoms with Gasteiger partial charge in [-0.15, -0.1) is 0 Å². The van der Waals surface area contributed by atoms with Crippen LogP contribution in [0.25, 0.3) is 0 Å². The first-order valence-corrected chi connectivity index (χ1v) is 9.74. The highest BCUT2D eigenvalue weighted by atomic mass is 14.0. The van der Waals surface area contributed by atoms with E-state index < -0.39 is 0 Å². The molecule has 0 saturated heterocycles. The van der Waals surface area contributed by atoms with Gasteiger partial charge in [-0.2, -0.15) is 0 Å². The molecular weight excluding hydrogens is 300 g/mol. The summed E-state index contributed by atoms with van der Waals surface area (Å²) in [7, 11) is 0. The minimum atomic E-state index is 1.06. The predicted molar refractivity (Wildman–Crippen MR) is 117 cm³/mol. The maximum absolute atomic E-state index is 4.22. The van der Waals surface area contributed by atoms with Crippen LogP contribution in [0, 0.1) is 0 Å². The van der Waals surface area contributed by atoms with Crippen molar-refractivity contribution < 1.29 is 0 Å². The van der Waals surface area contributed by atoms with Crippen molar-refractivity contribution in [3.05, 3.63) is 71.4 Å². The molecule has 0 amide bonds. The lowest BCUT2D eigenvalue weighted by Gasteiger charge is -2.03. The van der Waals surface area contributed by atoms with Crippen molar-refractivity contribution in [3.8, 4) is 0 Å². The van der Waals surface area contributed by atoms with E-state index in [4.69, 9.17) is 0 Å². The molecule has 0 aromatic carbocycles. The van der Waals surface area contributed by atoms with Crippen LogP contribution in [-0.4, -0.2) is 0 Å². The lowest BCUT2D eigenvalue weighted by atomic mass is 10.0. The second-order valence-corrected chi connectivity index (χ2v) is 7.58. The first-order chi connectivity index (χ1) is 11.8. The lowest BCUT2D eigenvalue weighted by Crippen LogP contribution is -1.83. The summed E-state index contributed by atoms with van der Waals surface area (Å²) in [4.78, 5) is 0. The van der Waals surface area contributed by atoms with E-state index >= 15 is 0 Å². The van der Waals surface area contributed by atoms with E-state index in [1.807, 2.05) is 0 Å². The Morgan fingerprint density at radius 3 is 1.76 bits per heavy atom. The molecule has 0 atom stereocenters. The van der Waals surface area contributed by atoms with Crippen molar-refractivity contribution in [1.82, 2.24) is 0 Å². The molecule has 0 fully saturated rings. The molecule has 0 N–H and O–H groups in total. The van der Waals surface area contributed by atoms with Crippen molar-refractivity contribution >= 4 is 0 Å². The van der Waals surface area contributed by atoms with Gasteiger partial charge in [0.1, 0.15) is 0 Å². The van der Waals surface area contributed by atoms with Gasteiger partial charge in [-0.05, 0) is 86.0 Å². The molecule has 0 heteroatoms. The maximum atomic E-state index is 4.22. The largest absolute Gasteiger partial charge is 0.0998 e. The van der Waals surface area contributed by atoms with E-state index in [0.29, 0.717) is 0 Å². The zero-order chi connectivity index (χ0) is 19.1. The minimum absolute atomic E-state index is 1.06. The summed E-state index contributed by atoms with van der Waals surface area (Å²) >= 11 is 0. The average Bonchev–Trinajstić information content (AvgIpc) is 2.51. The van der Waals surface area contributed by atoms with Crippen LogP contribution in [0.4, 0.5) is 0 Å². The molecule has 0 aliphatic carbocycles. The molecule has 140 valence electrons. The molecule has 0 saturated carbocycles. The molecule has 0 aliphatic heterocycles. The second-order valence-electron chi connectivity index (χ2n) is 7.58. The number of allylic oxidation sites excluding steroid dienone is 10. The van der Waals surface area contributed by atoms with Gasteiger partial charge in [0.15, 0.2) is 0 Å². The number of rotatable bonds is 13. The topological polar surface area (TPSA) is 0 Å². The van der Waals surface area contributed by atoms with E-state index in [1.54, 1.807) is 0 Å². The van der Waals surface area contributed by atoms with E-state index in [0.717, 1.165) is 44.9 Å². The third kappa shape index (κ3) is 17.1. The van der Waals surface area contributed by atoms with Crippen LogP contribution in [0.1, 0.15) is 86.0 Å². The van der Waals surface area contributed by atoms with Crippen LogP contribution in [0.15, 0.2) is 71.4 Å². The summed E-state index contributed by atoms with van der Waals surface area (Å²) in [6, 6.07) is 0. The monoisotopic (exact) mass is 340 g/mol. The zero-order valence-corrected chi connectivity index (χ0v) is 17.5. The third-order valence-corrected chi connectivity index (χ3v) is 4.12. The van der Waals surface area contributed by atoms with E-state index in [2.05, 4.69) is 78.2 Å².